The predicted molar refractivity (Wildman–Crippen MR) is 87.2 cm³/mol. The van der Waals surface area contributed by atoms with E-state index in [9.17, 15) is 4.39 Å². The second kappa shape index (κ2) is 6.79. The van der Waals surface area contributed by atoms with Crippen molar-refractivity contribution in [2.24, 2.45) is 0 Å². The van der Waals surface area contributed by atoms with Gasteiger partial charge >= 0.3 is 0 Å². The van der Waals surface area contributed by atoms with Gasteiger partial charge in [-0.2, -0.15) is 0 Å². The van der Waals surface area contributed by atoms with Gasteiger partial charge in [0.1, 0.15) is 5.82 Å². The van der Waals surface area contributed by atoms with E-state index in [4.69, 9.17) is 23.2 Å². The summed E-state index contributed by atoms with van der Waals surface area (Å²) in [6, 6.07) is 10.1. The van der Waals surface area contributed by atoms with Gasteiger partial charge in [0, 0.05) is 4.47 Å². The van der Waals surface area contributed by atoms with Gasteiger partial charge in [-0.1, -0.05) is 36.2 Å². The Balaban J connectivity index is 2.28. The molecule has 0 spiro atoms. The molecule has 20 heavy (non-hydrogen) atoms. The summed E-state index contributed by atoms with van der Waals surface area (Å²) >= 11 is 15.4. The fourth-order valence-electron chi connectivity index (χ4n) is 1.95. The molecule has 0 bridgehead atoms. The highest BCUT2D eigenvalue weighted by Crippen LogP contribution is 2.31. The first-order chi connectivity index (χ1) is 9.51. The summed E-state index contributed by atoms with van der Waals surface area (Å²) in [4.78, 5) is 0. The van der Waals surface area contributed by atoms with E-state index in [0.29, 0.717) is 15.7 Å². The molecule has 0 aromatic heterocycles. The third-order valence-corrected chi connectivity index (χ3v) is 4.44. The average Bonchev–Trinajstić information content (AvgIpc) is 2.43. The molecule has 0 aliphatic heterocycles. The molecular formula is C15H13BrCl2FN. The molecule has 1 N–H and O–H groups in total. The molecule has 0 fully saturated rings. The zero-order valence-corrected chi connectivity index (χ0v) is 13.9. The van der Waals surface area contributed by atoms with Gasteiger partial charge in [0.15, 0.2) is 0 Å². The van der Waals surface area contributed by atoms with Crippen LogP contribution in [0.25, 0.3) is 0 Å². The second-order valence-corrected chi connectivity index (χ2v) is 6.07. The fraction of sp³-hybridized carbons (Fsp3) is 0.200. The number of hydrogen-bond donors (Lipinski definition) is 1. The van der Waals surface area contributed by atoms with Crippen LogP contribution < -0.4 is 5.32 Å². The molecule has 0 heterocycles. The van der Waals surface area contributed by atoms with Gasteiger partial charge in [-0.25, -0.2) is 4.39 Å². The van der Waals surface area contributed by atoms with Crippen LogP contribution in [0.4, 0.5) is 10.1 Å². The molecule has 0 saturated carbocycles. The number of anilines is 1. The van der Waals surface area contributed by atoms with Crippen LogP contribution in [0, 0.1) is 5.82 Å². The summed E-state index contributed by atoms with van der Waals surface area (Å²) < 4.78 is 14.1. The Bertz CT molecular complexity index is 619. The third kappa shape index (κ3) is 3.66. The van der Waals surface area contributed by atoms with Gasteiger partial charge in [0.2, 0.25) is 0 Å². The van der Waals surface area contributed by atoms with Crippen LogP contribution in [0.15, 0.2) is 40.9 Å². The molecule has 1 unspecified atom stereocenters. The van der Waals surface area contributed by atoms with Gasteiger partial charge in [-0.15, -0.1) is 0 Å². The highest BCUT2D eigenvalue weighted by Gasteiger charge is 2.13. The van der Waals surface area contributed by atoms with Crippen molar-refractivity contribution >= 4 is 44.8 Å². The molecule has 2 aromatic rings. The Morgan fingerprint density at radius 2 is 1.90 bits per heavy atom. The molecule has 0 aliphatic rings. The summed E-state index contributed by atoms with van der Waals surface area (Å²) in [6.45, 7) is 2.05. The predicted octanol–water partition coefficient (Wildman–Crippen LogP) is 6.46. The highest BCUT2D eigenvalue weighted by molar-refractivity contribution is 9.10. The van der Waals surface area contributed by atoms with Crippen molar-refractivity contribution in [3.63, 3.8) is 0 Å². The summed E-state index contributed by atoms with van der Waals surface area (Å²) in [5, 5.41) is 4.35. The third-order valence-electron chi connectivity index (χ3n) is 3.01. The quantitative estimate of drug-likeness (QED) is 0.645. The van der Waals surface area contributed by atoms with Crippen LogP contribution in [0.2, 0.25) is 10.0 Å². The molecule has 0 amide bonds. The maximum absolute atomic E-state index is 13.3. The van der Waals surface area contributed by atoms with Crippen LogP contribution in [-0.4, -0.2) is 0 Å². The highest BCUT2D eigenvalue weighted by atomic mass is 79.9. The molecule has 1 nitrogen and oxygen atoms in total. The SMILES string of the molecule is CCC(Nc1cc(F)ccc1Br)c1ccc(Cl)c(Cl)c1. The first kappa shape index (κ1) is 15.6. The van der Waals surface area contributed by atoms with Crippen molar-refractivity contribution in [2.45, 2.75) is 19.4 Å². The van der Waals surface area contributed by atoms with E-state index in [1.165, 1.54) is 12.1 Å². The minimum atomic E-state index is -0.278. The Kier molecular flexibility index (Phi) is 5.30. The smallest absolute Gasteiger partial charge is 0.125 e. The van der Waals surface area contributed by atoms with E-state index < -0.39 is 0 Å². The maximum atomic E-state index is 13.3. The summed E-state index contributed by atoms with van der Waals surface area (Å²) in [7, 11) is 0. The Hall–Kier alpha value is -0.770. The van der Waals surface area contributed by atoms with Gasteiger partial charge in [-0.05, 0) is 58.2 Å². The summed E-state index contributed by atoms with van der Waals surface area (Å²) in [6.07, 6.45) is 0.834. The topological polar surface area (TPSA) is 12.0 Å². The standard InChI is InChI=1S/C15H13BrCl2FN/c1-2-14(9-3-6-12(17)13(18)7-9)20-15-8-10(19)4-5-11(15)16/h3-8,14,20H,2H2,1H3. The van der Waals surface area contributed by atoms with E-state index >= 15 is 0 Å². The molecule has 1 atom stereocenters. The van der Waals surface area contributed by atoms with Gasteiger partial charge in [0.05, 0.1) is 21.8 Å². The number of rotatable bonds is 4. The van der Waals surface area contributed by atoms with Crippen LogP contribution >= 0.6 is 39.1 Å². The van der Waals surface area contributed by atoms with Crippen molar-refractivity contribution in [1.82, 2.24) is 0 Å². The molecule has 0 aliphatic carbocycles. The number of nitrogens with one attached hydrogen (secondary N) is 1. The van der Waals surface area contributed by atoms with E-state index in [0.717, 1.165) is 16.5 Å². The Morgan fingerprint density at radius 3 is 2.55 bits per heavy atom. The van der Waals surface area contributed by atoms with Crippen molar-refractivity contribution in [3.05, 3.63) is 62.3 Å². The molecular weight excluding hydrogens is 364 g/mol. The number of hydrogen-bond acceptors (Lipinski definition) is 1. The van der Waals surface area contributed by atoms with Crippen molar-refractivity contribution in [1.29, 1.82) is 0 Å². The van der Waals surface area contributed by atoms with Gasteiger partial charge < -0.3 is 5.32 Å². The van der Waals surface area contributed by atoms with Crippen LogP contribution in [0.5, 0.6) is 0 Å². The van der Waals surface area contributed by atoms with E-state index in [2.05, 4.69) is 21.2 Å². The van der Waals surface area contributed by atoms with Gasteiger partial charge in [0.25, 0.3) is 0 Å². The first-order valence-corrected chi connectivity index (χ1v) is 7.72. The second-order valence-electron chi connectivity index (χ2n) is 4.40. The molecule has 106 valence electrons. The zero-order chi connectivity index (χ0) is 14.7. The lowest BCUT2D eigenvalue weighted by molar-refractivity contribution is 0.627. The lowest BCUT2D eigenvalue weighted by atomic mass is 10.0. The van der Waals surface area contributed by atoms with Crippen molar-refractivity contribution in [3.8, 4) is 0 Å². The molecule has 2 rings (SSSR count). The van der Waals surface area contributed by atoms with Crippen molar-refractivity contribution < 1.29 is 4.39 Å². The number of benzene rings is 2. The molecule has 0 radical (unpaired) electrons. The lowest BCUT2D eigenvalue weighted by Gasteiger charge is -2.20. The molecule has 2 aromatic carbocycles. The fourth-order valence-corrected chi connectivity index (χ4v) is 2.61. The van der Waals surface area contributed by atoms with Crippen molar-refractivity contribution in [2.75, 3.05) is 5.32 Å². The van der Waals surface area contributed by atoms with E-state index in [1.54, 1.807) is 12.1 Å². The molecule has 0 saturated heterocycles. The van der Waals surface area contributed by atoms with E-state index in [-0.39, 0.29) is 11.9 Å². The summed E-state index contributed by atoms with van der Waals surface area (Å²) in [5.74, 6) is -0.278. The normalized spacial score (nSPS) is 12.2. The van der Waals surface area contributed by atoms with Crippen LogP contribution in [-0.2, 0) is 0 Å². The lowest BCUT2D eigenvalue weighted by Crippen LogP contribution is -2.10. The zero-order valence-electron chi connectivity index (χ0n) is 10.8. The monoisotopic (exact) mass is 375 g/mol. The Morgan fingerprint density at radius 1 is 1.15 bits per heavy atom. The number of halogens is 4. The minimum Gasteiger partial charge on any atom is -0.377 e. The van der Waals surface area contributed by atoms with E-state index in [1.807, 2.05) is 19.1 Å². The molecule has 5 heteroatoms. The van der Waals surface area contributed by atoms with Crippen LogP contribution in [0.3, 0.4) is 0 Å². The minimum absolute atomic E-state index is 0.0304. The Labute approximate surface area is 136 Å². The maximum Gasteiger partial charge on any atom is 0.125 e. The van der Waals surface area contributed by atoms with Gasteiger partial charge in [-0.3, -0.25) is 0 Å². The average molecular weight is 377 g/mol. The summed E-state index contributed by atoms with van der Waals surface area (Å²) in [5.41, 5.74) is 1.72. The first-order valence-electron chi connectivity index (χ1n) is 6.17. The largest absolute Gasteiger partial charge is 0.377 e. The van der Waals surface area contributed by atoms with Crippen LogP contribution in [0.1, 0.15) is 24.9 Å².